The van der Waals surface area contributed by atoms with Crippen LogP contribution in [0.15, 0.2) is 9.66 Å². The predicted molar refractivity (Wildman–Crippen MR) is 72.8 cm³/mol. The third kappa shape index (κ3) is 3.25. The van der Waals surface area contributed by atoms with Crippen molar-refractivity contribution in [1.29, 1.82) is 0 Å². The van der Waals surface area contributed by atoms with Gasteiger partial charge in [-0.3, -0.25) is 0 Å². The van der Waals surface area contributed by atoms with Gasteiger partial charge in [0.1, 0.15) is 0 Å². The summed E-state index contributed by atoms with van der Waals surface area (Å²) in [6.45, 7) is 7.16. The Kier molecular flexibility index (Phi) is 4.95. The summed E-state index contributed by atoms with van der Waals surface area (Å²) in [4.78, 5) is 0. The highest BCUT2D eigenvalue weighted by atomic mass is 127. The van der Waals surface area contributed by atoms with Crippen LogP contribution in [0.3, 0.4) is 0 Å². The van der Waals surface area contributed by atoms with Crippen molar-refractivity contribution in [2.24, 2.45) is 11.3 Å². The molecule has 0 radical (unpaired) electrons. The van der Waals surface area contributed by atoms with E-state index < -0.39 is 0 Å². The Labute approximate surface area is 103 Å². The SMILES string of the molecule is CCCCC[C@H]1C(I)=CCCC1(C)C. The first kappa shape index (κ1) is 12.5. The van der Waals surface area contributed by atoms with Crippen molar-refractivity contribution in [1.82, 2.24) is 0 Å². The van der Waals surface area contributed by atoms with E-state index in [1.165, 1.54) is 38.5 Å². The molecule has 0 fully saturated rings. The normalized spacial score (nSPS) is 26.0. The first-order valence-corrected chi connectivity index (χ1v) is 7.01. The molecule has 0 nitrogen and oxygen atoms in total. The van der Waals surface area contributed by atoms with Crippen molar-refractivity contribution in [2.75, 3.05) is 0 Å². The van der Waals surface area contributed by atoms with Crippen molar-refractivity contribution >= 4 is 22.6 Å². The molecule has 0 amide bonds. The van der Waals surface area contributed by atoms with Gasteiger partial charge < -0.3 is 0 Å². The van der Waals surface area contributed by atoms with Crippen LogP contribution in [0.25, 0.3) is 0 Å². The summed E-state index contributed by atoms with van der Waals surface area (Å²) in [5.74, 6) is 0.836. The van der Waals surface area contributed by atoms with E-state index in [1.54, 1.807) is 3.58 Å². The Morgan fingerprint density at radius 2 is 2.14 bits per heavy atom. The van der Waals surface area contributed by atoms with Gasteiger partial charge in [-0.25, -0.2) is 0 Å². The summed E-state index contributed by atoms with van der Waals surface area (Å²) in [6, 6.07) is 0. The van der Waals surface area contributed by atoms with E-state index in [4.69, 9.17) is 0 Å². The standard InChI is InChI=1S/C13H23I/c1-4-5-6-8-11-12(14)9-7-10-13(11,2)3/h9,11H,4-8,10H2,1-3H3/t11-/m0/s1. The molecule has 1 rings (SSSR count). The van der Waals surface area contributed by atoms with Crippen molar-refractivity contribution in [3.63, 3.8) is 0 Å². The quantitative estimate of drug-likeness (QED) is 0.487. The highest BCUT2D eigenvalue weighted by molar-refractivity contribution is 14.1. The molecule has 0 aromatic heterocycles. The van der Waals surface area contributed by atoms with Crippen molar-refractivity contribution in [3.05, 3.63) is 9.66 Å². The van der Waals surface area contributed by atoms with Crippen LogP contribution >= 0.6 is 22.6 Å². The summed E-state index contributed by atoms with van der Waals surface area (Å²) in [5, 5.41) is 0. The number of halogens is 1. The molecule has 0 heterocycles. The van der Waals surface area contributed by atoms with Gasteiger partial charge in [0.05, 0.1) is 0 Å². The zero-order valence-electron chi connectivity index (χ0n) is 9.78. The van der Waals surface area contributed by atoms with E-state index in [0.717, 1.165) is 5.92 Å². The highest BCUT2D eigenvalue weighted by Gasteiger charge is 2.32. The molecule has 0 aromatic carbocycles. The van der Waals surface area contributed by atoms with E-state index >= 15 is 0 Å². The fourth-order valence-electron chi connectivity index (χ4n) is 2.40. The molecule has 0 saturated heterocycles. The van der Waals surface area contributed by atoms with Gasteiger partial charge in [0.2, 0.25) is 0 Å². The average molecular weight is 306 g/mol. The third-order valence-electron chi connectivity index (χ3n) is 3.50. The second-order valence-electron chi connectivity index (χ2n) is 5.16. The highest BCUT2D eigenvalue weighted by Crippen LogP contribution is 2.45. The number of hydrogen-bond acceptors (Lipinski definition) is 0. The summed E-state index contributed by atoms with van der Waals surface area (Å²) >= 11 is 2.56. The Bertz CT molecular complexity index is 203. The minimum Gasteiger partial charge on any atom is -0.0749 e. The van der Waals surface area contributed by atoms with Crippen LogP contribution in [-0.4, -0.2) is 0 Å². The fraction of sp³-hybridized carbons (Fsp3) is 0.846. The van der Waals surface area contributed by atoms with Gasteiger partial charge in [-0.05, 0) is 56.8 Å². The number of hydrogen-bond donors (Lipinski definition) is 0. The van der Waals surface area contributed by atoms with Crippen LogP contribution in [0.2, 0.25) is 0 Å². The first-order valence-electron chi connectivity index (χ1n) is 5.93. The van der Waals surface area contributed by atoms with Crippen LogP contribution in [0.5, 0.6) is 0 Å². The maximum atomic E-state index is 2.56. The van der Waals surface area contributed by atoms with Gasteiger partial charge >= 0.3 is 0 Å². The predicted octanol–water partition coefficient (Wildman–Crippen LogP) is 5.32. The lowest BCUT2D eigenvalue weighted by Crippen LogP contribution is -2.26. The lowest BCUT2D eigenvalue weighted by Gasteiger charge is -2.37. The molecule has 1 aliphatic rings. The number of allylic oxidation sites excluding steroid dienone is 2. The molecule has 0 N–H and O–H groups in total. The molecule has 0 aromatic rings. The summed E-state index contributed by atoms with van der Waals surface area (Å²) in [6.07, 6.45) is 10.7. The van der Waals surface area contributed by atoms with Gasteiger partial charge in [-0.15, -0.1) is 0 Å². The maximum absolute atomic E-state index is 2.56. The Morgan fingerprint density at radius 3 is 2.71 bits per heavy atom. The molecule has 14 heavy (non-hydrogen) atoms. The summed E-state index contributed by atoms with van der Waals surface area (Å²) in [5.41, 5.74) is 0.541. The topological polar surface area (TPSA) is 0 Å². The van der Waals surface area contributed by atoms with E-state index in [9.17, 15) is 0 Å². The second kappa shape index (κ2) is 5.53. The molecule has 82 valence electrons. The molecule has 0 bridgehead atoms. The molecular weight excluding hydrogens is 283 g/mol. The van der Waals surface area contributed by atoms with Crippen LogP contribution in [0.1, 0.15) is 59.3 Å². The maximum Gasteiger partial charge on any atom is -0.00556 e. The Hall–Kier alpha value is 0.470. The van der Waals surface area contributed by atoms with Gasteiger partial charge in [0, 0.05) is 0 Å². The largest absolute Gasteiger partial charge is 0.0749 e. The Morgan fingerprint density at radius 1 is 1.43 bits per heavy atom. The minimum absolute atomic E-state index is 0.541. The van der Waals surface area contributed by atoms with Crippen molar-refractivity contribution in [3.8, 4) is 0 Å². The summed E-state index contributed by atoms with van der Waals surface area (Å²) in [7, 11) is 0. The second-order valence-corrected chi connectivity index (χ2v) is 6.41. The number of rotatable bonds is 4. The number of unbranched alkanes of at least 4 members (excludes halogenated alkanes) is 2. The van der Waals surface area contributed by atoms with Crippen molar-refractivity contribution in [2.45, 2.75) is 59.3 Å². The van der Waals surface area contributed by atoms with Gasteiger partial charge in [-0.1, -0.05) is 46.1 Å². The summed E-state index contributed by atoms with van der Waals surface area (Å²) < 4.78 is 1.62. The zero-order valence-corrected chi connectivity index (χ0v) is 11.9. The van der Waals surface area contributed by atoms with E-state index in [2.05, 4.69) is 49.4 Å². The van der Waals surface area contributed by atoms with Crippen molar-refractivity contribution < 1.29 is 0 Å². The lowest BCUT2D eigenvalue weighted by atomic mass is 9.70. The molecular formula is C13H23I. The molecule has 0 saturated carbocycles. The smallest absolute Gasteiger partial charge is 0.00556 e. The molecule has 0 aliphatic heterocycles. The monoisotopic (exact) mass is 306 g/mol. The van der Waals surface area contributed by atoms with E-state index in [-0.39, 0.29) is 0 Å². The fourth-order valence-corrected chi connectivity index (χ4v) is 3.86. The lowest BCUT2D eigenvalue weighted by molar-refractivity contribution is 0.211. The molecule has 0 unspecified atom stereocenters. The van der Waals surface area contributed by atoms with E-state index in [0.29, 0.717) is 5.41 Å². The minimum atomic E-state index is 0.541. The van der Waals surface area contributed by atoms with Crippen LogP contribution in [-0.2, 0) is 0 Å². The van der Waals surface area contributed by atoms with Gasteiger partial charge in [-0.2, -0.15) is 0 Å². The third-order valence-corrected chi connectivity index (χ3v) is 4.69. The van der Waals surface area contributed by atoms with Crippen LogP contribution in [0.4, 0.5) is 0 Å². The molecule has 1 atom stereocenters. The van der Waals surface area contributed by atoms with E-state index in [1.807, 2.05) is 0 Å². The van der Waals surface area contributed by atoms with Gasteiger partial charge in [0.15, 0.2) is 0 Å². The Balaban J connectivity index is 2.53. The average Bonchev–Trinajstić information content (AvgIpc) is 2.09. The van der Waals surface area contributed by atoms with Crippen LogP contribution in [0, 0.1) is 11.3 Å². The van der Waals surface area contributed by atoms with Crippen LogP contribution < -0.4 is 0 Å². The zero-order chi connectivity index (χ0) is 10.6. The molecule has 0 spiro atoms. The van der Waals surface area contributed by atoms with Gasteiger partial charge in [0.25, 0.3) is 0 Å². The molecule has 1 aliphatic carbocycles. The first-order chi connectivity index (χ1) is 6.58. The molecule has 1 heteroatoms.